The number of halogens is 1. The summed E-state index contributed by atoms with van der Waals surface area (Å²) in [6.07, 6.45) is 0.719. The molecule has 2 aromatic carbocycles. The standard InChI is InChI=1S/C23H22ClN5O2S/c24-15-5-7-16(8-6-15)27-11-13-28(14-12-27)20(30)10-9-19-22(31)29-21(25-19)17-3-1-2-4-18(17)26-23(29)32/h1-8,19,25H,9-14H2/t19-/m0/s1. The van der Waals surface area contributed by atoms with E-state index in [1.54, 1.807) is 0 Å². The van der Waals surface area contributed by atoms with E-state index in [9.17, 15) is 9.59 Å². The minimum atomic E-state index is -0.483. The molecule has 1 aromatic heterocycles. The van der Waals surface area contributed by atoms with Crippen LogP contribution in [-0.2, 0) is 4.79 Å². The van der Waals surface area contributed by atoms with Gasteiger partial charge in [-0.2, -0.15) is 0 Å². The third-order valence-electron chi connectivity index (χ3n) is 6.09. The zero-order chi connectivity index (χ0) is 22.2. The summed E-state index contributed by atoms with van der Waals surface area (Å²) in [5, 5.41) is 4.84. The molecule has 0 unspecified atom stereocenters. The molecule has 5 rings (SSSR count). The van der Waals surface area contributed by atoms with Crippen LogP contribution in [0.25, 0.3) is 10.9 Å². The number of aromatic nitrogens is 2. The number of nitrogens with zero attached hydrogens (tertiary/aromatic N) is 4. The summed E-state index contributed by atoms with van der Waals surface area (Å²) in [5.74, 6) is 0.584. The zero-order valence-corrected chi connectivity index (χ0v) is 18.9. The van der Waals surface area contributed by atoms with Crippen LogP contribution in [-0.4, -0.2) is 58.5 Å². The first-order valence-corrected chi connectivity index (χ1v) is 11.4. The highest BCUT2D eigenvalue weighted by Gasteiger charge is 2.32. The molecule has 3 heterocycles. The molecule has 1 N–H and O–H groups in total. The van der Waals surface area contributed by atoms with Crippen molar-refractivity contribution in [3.8, 4) is 0 Å². The summed E-state index contributed by atoms with van der Waals surface area (Å²) in [7, 11) is 0. The van der Waals surface area contributed by atoms with Crippen LogP contribution in [0.3, 0.4) is 0 Å². The van der Waals surface area contributed by atoms with Gasteiger partial charge in [0, 0.05) is 48.7 Å². The summed E-state index contributed by atoms with van der Waals surface area (Å²) in [6.45, 7) is 2.86. The Kier molecular flexibility index (Phi) is 5.57. The van der Waals surface area contributed by atoms with Gasteiger partial charge in [0.25, 0.3) is 5.91 Å². The number of benzene rings is 2. The fraction of sp³-hybridized carbons (Fsp3) is 0.304. The van der Waals surface area contributed by atoms with Gasteiger partial charge in [-0.25, -0.2) is 9.55 Å². The molecule has 9 heteroatoms. The van der Waals surface area contributed by atoms with E-state index in [2.05, 4.69) is 15.2 Å². The van der Waals surface area contributed by atoms with E-state index in [-0.39, 0.29) is 16.6 Å². The van der Waals surface area contributed by atoms with Crippen molar-refractivity contribution < 1.29 is 9.59 Å². The molecule has 2 aliphatic heterocycles. The largest absolute Gasteiger partial charge is 0.368 e. The molecule has 1 amide bonds. The van der Waals surface area contributed by atoms with Crippen LogP contribution in [0.5, 0.6) is 0 Å². The lowest BCUT2D eigenvalue weighted by atomic mass is 10.1. The number of amides is 1. The van der Waals surface area contributed by atoms with E-state index in [0.29, 0.717) is 36.8 Å². The topological polar surface area (TPSA) is 70.5 Å². The molecule has 0 spiro atoms. The van der Waals surface area contributed by atoms with E-state index in [4.69, 9.17) is 23.8 Å². The number of fused-ring (bicyclic) bond motifs is 3. The number of carbonyl (C=O) groups excluding carboxylic acids is 2. The SMILES string of the molecule is O=C(CC[C@@H]1Nc2c3ccccc3nc(=S)n2C1=O)N1CCN(c2ccc(Cl)cc2)CC1. The van der Waals surface area contributed by atoms with Crippen molar-refractivity contribution >= 4 is 58.0 Å². The highest BCUT2D eigenvalue weighted by Crippen LogP contribution is 2.29. The maximum atomic E-state index is 12.9. The van der Waals surface area contributed by atoms with Gasteiger partial charge in [0.05, 0.1) is 5.52 Å². The average Bonchev–Trinajstić information content (AvgIpc) is 3.15. The van der Waals surface area contributed by atoms with Crippen LogP contribution >= 0.6 is 23.8 Å². The maximum Gasteiger partial charge on any atom is 0.257 e. The van der Waals surface area contributed by atoms with E-state index in [0.717, 1.165) is 29.7 Å². The molecule has 32 heavy (non-hydrogen) atoms. The van der Waals surface area contributed by atoms with Crippen LogP contribution in [0.15, 0.2) is 48.5 Å². The van der Waals surface area contributed by atoms with Gasteiger partial charge in [-0.1, -0.05) is 23.7 Å². The predicted molar refractivity (Wildman–Crippen MR) is 128 cm³/mol. The summed E-state index contributed by atoms with van der Waals surface area (Å²) >= 11 is 11.3. The van der Waals surface area contributed by atoms with E-state index < -0.39 is 6.04 Å². The Hall–Kier alpha value is -2.97. The summed E-state index contributed by atoms with van der Waals surface area (Å²) in [4.78, 5) is 34.2. The quantitative estimate of drug-likeness (QED) is 0.585. The molecule has 0 bridgehead atoms. The molecule has 1 saturated heterocycles. The first kappa shape index (κ1) is 20.9. The van der Waals surface area contributed by atoms with Crippen LogP contribution in [0.2, 0.25) is 5.02 Å². The van der Waals surface area contributed by atoms with Gasteiger partial charge >= 0.3 is 0 Å². The zero-order valence-electron chi connectivity index (χ0n) is 17.3. The van der Waals surface area contributed by atoms with E-state index in [1.165, 1.54) is 4.57 Å². The molecule has 3 aromatic rings. The van der Waals surface area contributed by atoms with Gasteiger partial charge in [0.1, 0.15) is 11.9 Å². The number of hydrogen-bond acceptors (Lipinski definition) is 6. The highest BCUT2D eigenvalue weighted by atomic mass is 35.5. The first-order valence-electron chi connectivity index (χ1n) is 10.6. The van der Waals surface area contributed by atoms with Crippen molar-refractivity contribution in [1.29, 1.82) is 0 Å². The van der Waals surface area contributed by atoms with Crippen molar-refractivity contribution in [3.05, 3.63) is 58.3 Å². The molecular weight excluding hydrogens is 446 g/mol. The Morgan fingerprint density at radius 2 is 1.81 bits per heavy atom. The Balaban J connectivity index is 1.20. The van der Waals surface area contributed by atoms with Gasteiger partial charge in [-0.3, -0.25) is 9.59 Å². The number of piperazine rings is 1. The number of nitrogens with one attached hydrogen (secondary N) is 1. The molecule has 1 atom stereocenters. The van der Waals surface area contributed by atoms with Gasteiger partial charge in [0.2, 0.25) is 10.7 Å². The molecular formula is C23H22ClN5O2S. The van der Waals surface area contributed by atoms with Gasteiger partial charge in [-0.05, 0) is 55.0 Å². The molecule has 0 saturated carbocycles. The predicted octanol–water partition coefficient (Wildman–Crippen LogP) is 3.98. The van der Waals surface area contributed by atoms with Crippen LogP contribution in [0.4, 0.5) is 11.5 Å². The molecule has 0 radical (unpaired) electrons. The second kappa shape index (κ2) is 8.52. The fourth-order valence-electron chi connectivity index (χ4n) is 4.36. The number of para-hydroxylation sites is 1. The second-order valence-electron chi connectivity index (χ2n) is 8.01. The second-order valence-corrected chi connectivity index (χ2v) is 8.82. The van der Waals surface area contributed by atoms with Crippen LogP contribution < -0.4 is 10.2 Å². The summed E-state index contributed by atoms with van der Waals surface area (Å²) in [6, 6.07) is 14.9. The Morgan fingerprint density at radius 1 is 1.09 bits per heavy atom. The Labute approximate surface area is 195 Å². The Bertz CT molecular complexity index is 1250. The number of hydrogen-bond donors (Lipinski definition) is 1. The monoisotopic (exact) mass is 467 g/mol. The number of carbonyl (C=O) groups is 2. The lowest BCUT2D eigenvalue weighted by Gasteiger charge is -2.36. The molecule has 0 aliphatic carbocycles. The molecule has 2 aliphatic rings. The smallest absolute Gasteiger partial charge is 0.257 e. The maximum absolute atomic E-state index is 12.9. The summed E-state index contributed by atoms with van der Waals surface area (Å²) < 4.78 is 1.70. The normalized spacial score (nSPS) is 18.0. The van der Waals surface area contributed by atoms with Crippen molar-refractivity contribution in [1.82, 2.24) is 14.5 Å². The van der Waals surface area contributed by atoms with Crippen molar-refractivity contribution in [2.75, 3.05) is 36.4 Å². The molecule has 7 nitrogen and oxygen atoms in total. The van der Waals surface area contributed by atoms with Gasteiger partial charge in [-0.15, -0.1) is 0 Å². The molecule has 1 fully saturated rings. The van der Waals surface area contributed by atoms with Crippen LogP contribution in [0, 0.1) is 4.77 Å². The minimum Gasteiger partial charge on any atom is -0.368 e. The van der Waals surface area contributed by atoms with Crippen molar-refractivity contribution in [3.63, 3.8) is 0 Å². The van der Waals surface area contributed by atoms with Crippen LogP contribution in [0.1, 0.15) is 17.6 Å². The Morgan fingerprint density at radius 3 is 2.56 bits per heavy atom. The first-order chi connectivity index (χ1) is 15.5. The van der Waals surface area contributed by atoms with Crippen molar-refractivity contribution in [2.45, 2.75) is 18.9 Å². The van der Waals surface area contributed by atoms with Gasteiger partial charge < -0.3 is 15.1 Å². The third kappa shape index (κ3) is 3.84. The molecule has 164 valence electrons. The van der Waals surface area contributed by atoms with Gasteiger partial charge in [0.15, 0.2) is 0 Å². The lowest BCUT2D eigenvalue weighted by molar-refractivity contribution is -0.131. The average molecular weight is 468 g/mol. The van der Waals surface area contributed by atoms with E-state index in [1.807, 2.05) is 53.4 Å². The third-order valence-corrected chi connectivity index (χ3v) is 6.62. The summed E-state index contributed by atoms with van der Waals surface area (Å²) in [5.41, 5.74) is 1.86. The number of anilines is 2. The van der Waals surface area contributed by atoms with Crippen molar-refractivity contribution in [2.24, 2.45) is 0 Å². The highest BCUT2D eigenvalue weighted by molar-refractivity contribution is 7.71. The number of rotatable bonds is 4. The van der Waals surface area contributed by atoms with E-state index >= 15 is 0 Å². The lowest BCUT2D eigenvalue weighted by Crippen LogP contribution is -2.49. The minimum absolute atomic E-state index is 0.0675. The fourth-order valence-corrected chi connectivity index (χ4v) is 4.76.